The van der Waals surface area contributed by atoms with Crippen LogP contribution in [0.5, 0.6) is 0 Å². The van der Waals surface area contributed by atoms with E-state index in [-0.39, 0.29) is 0 Å². The van der Waals surface area contributed by atoms with E-state index >= 15 is 0 Å². The number of rotatable bonds is 6. The fraction of sp³-hybridized carbons (Fsp3) is 0.211. The Morgan fingerprint density at radius 2 is 2.08 bits per heavy atom. The van der Waals surface area contributed by atoms with Crippen LogP contribution in [0.2, 0.25) is 0 Å². The molecule has 2 N–H and O–H groups in total. The predicted octanol–water partition coefficient (Wildman–Crippen LogP) is 4.43. The van der Waals surface area contributed by atoms with E-state index < -0.39 is 0 Å². The molecule has 0 bridgehead atoms. The summed E-state index contributed by atoms with van der Waals surface area (Å²) < 4.78 is 0. The predicted molar refractivity (Wildman–Crippen MR) is 103 cm³/mol. The molecule has 0 aliphatic heterocycles. The number of thiophene rings is 1. The van der Waals surface area contributed by atoms with Crippen molar-refractivity contribution in [3.8, 4) is 11.4 Å². The van der Waals surface area contributed by atoms with Crippen molar-refractivity contribution in [2.45, 2.75) is 19.8 Å². The van der Waals surface area contributed by atoms with E-state index in [1.165, 1.54) is 5.56 Å². The molecule has 0 aliphatic rings. The molecule has 0 fully saturated rings. The zero-order chi connectivity index (χ0) is 17.1. The molecule has 0 unspecified atom stereocenters. The minimum Gasteiger partial charge on any atom is -0.369 e. The van der Waals surface area contributed by atoms with Gasteiger partial charge in [-0.05, 0) is 48.9 Å². The molecule has 0 amide bonds. The van der Waals surface area contributed by atoms with Crippen molar-refractivity contribution in [3.63, 3.8) is 0 Å². The first-order valence-electron chi connectivity index (χ1n) is 8.33. The van der Waals surface area contributed by atoms with Crippen molar-refractivity contribution in [1.82, 2.24) is 20.2 Å². The number of hydrogen-bond acceptors (Lipinski definition) is 5. The number of para-hydroxylation sites is 1. The van der Waals surface area contributed by atoms with E-state index in [0.29, 0.717) is 0 Å². The van der Waals surface area contributed by atoms with Crippen LogP contribution in [0.25, 0.3) is 22.3 Å². The summed E-state index contributed by atoms with van der Waals surface area (Å²) in [6.07, 6.45) is 3.92. The molecule has 4 rings (SSSR count). The normalized spacial score (nSPS) is 11.1. The summed E-state index contributed by atoms with van der Waals surface area (Å²) in [7, 11) is 0. The highest BCUT2D eigenvalue weighted by Crippen LogP contribution is 2.26. The van der Waals surface area contributed by atoms with E-state index in [2.05, 4.69) is 40.0 Å². The van der Waals surface area contributed by atoms with Gasteiger partial charge in [-0.3, -0.25) is 5.10 Å². The molecule has 3 aromatic heterocycles. The third-order valence-corrected chi connectivity index (χ3v) is 4.92. The molecule has 6 heteroatoms. The van der Waals surface area contributed by atoms with Gasteiger partial charge in [0.15, 0.2) is 5.82 Å². The van der Waals surface area contributed by atoms with Crippen molar-refractivity contribution >= 4 is 28.1 Å². The number of nitrogens with one attached hydrogen (secondary N) is 2. The second-order valence-electron chi connectivity index (χ2n) is 5.98. The van der Waals surface area contributed by atoms with Gasteiger partial charge in [0, 0.05) is 28.6 Å². The number of nitrogens with zero attached hydrogens (tertiary/aromatic N) is 3. The third-order valence-electron chi connectivity index (χ3n) is 4.23. The molecule has 4 aromatic rings. The quantitative estimate of drug-likeness (QED) is 0.505. The van der Waals surface area contributed by atoms with Crippen LogP contribution in [-0.4, -0.2) is 26.7 Å². The SMILES string of the molecule is Cc1[nH]ncc1CCCNc1nc(-c2ccsc2)nc2ccccc12. The van der Waals surface area contributed by atoms with Gasteiger partial charge in [0.25, 0.3) is 0 Å². The van der Waals surface area contributed by atoms with Crippen LogP contribution in [0.15, 0.2) is 47.3 Å². The summed E-state index contributed by atoms with van der Waals surface area (Å²) in [4.78, 5) is 9.46. The van der Waals surface area contributed by atoms with Crippen molar-refractivity contribution in [3.05, 3.63) is 58.5 Å². The molecule has 0 spiro atoms. The molecule has 5 nitrogen and oxygen atoms in total. The summed E-state index contributed by atoms with van der Waals surface area (Å²) in [6.45, 7) is 2.91. The zero-order valence-electron chi connectivity index (χ0n) is 14.0. The highest BCUT2D eigenvalue weighted by molar-refractivity contribution is 7.08. The Balaban J connectivity index is 1.54. The topological polar surface area (TPSA) is 66.5 Å². The largest absolute Gasteiger partial charge is 0.369 e. The standard InChI is InChI=1S/C19H19N5S/c1-13-14(11-21-24-13)5-4-9-20-19-16-6-2-3-7-17(16)22-18(23-19)15-8-10-25-12-15/h2-3,6-8,10-12H,4-5,9H2,1H3,(H,21,24)(H,20,22,23). The van der Waals surface area contributed by atoms with Gasteiger partial charge in [-0.15, -0.1) is 0 Å². The Morgan fingerprint density at radius 3 is 2.88 bits per heavy atom. The van der Waals surface area contributed by atoms with E-state index in [0.717, 1.165) is 53.2 Å². The Kier molecular flexibility index (Phi) is 4.43. The molecule has 1 aromatic carbocycles. The number of aromatic amines is 1. The lowest BCUT2D eigenvalue weighted by atomic mass is 10.1. The molecule has 126 valence electrons. The number of benzene rings is 1. The van der Waals surface area contributed by atoms with Crippen molar-refractivity contribution < 1.29 is 0 Å². The van der Waals surface area contributed by atoms with Crippen LogP contribution in [0.3, 0.4) is 0 Å². The van der Waals surface area contributed by atoms with Crippen LogP contribution in [0.4, 0.5) is 5.82 Å². The van der Waals surface area contributed by atoms with Crippen LogP contribution in [0.1, 0.15) is 17.7 Å². The van der Waals surface area contributed by atoms with Crippen molar-refractivity contribution in [2.24, 2.45) is 0 Å². The van der Waals surface area contributed by atoms with Crippen LogP contribution in [0, 0.1) is 6.92 Å². The first kappa shape index (κ1) is 15.8. The maximum absolute atomic E-state index is 4.76. The van der Waals surface area contributed by atoms with Gasteiger partial charge in [-0.25, -0.2) is 9.97 Å². The fourth-order valence-electron chi connectivity index (χ4n) is 2.85. The highest BCUT2D eigenvalue weighted by Gasteiger charge is 2.09. The summed E-state index contributed by atoms with van der Waals surface area (Å²) in [5.41, 5.74) is 4.44. The maximum atomic E-state index is 4.76. The number of fused-ring (bicyclic) bond motifs is 1. The minimum absolute atomic E-state index is 0.771. The minimum atomic E-state index is 0.771. The Labute approximate surface area is 150 Å². The number of hydrogen-bond donors (Lipinski definition) is 2. The Morgan fingerprint density at radius 1 is 1.16 bits per heavy atom. The van der Waals surface area contributed by atoms with Gasteiger partial charge in [0.05, 0.1) is 11.7 Å². The monoisotopic (exact) mass is 349 g/mol. The molecule has 0 atom stereocenters. The molecule has 0 aliphatic carbocycles. The number of aryl methyl sites for hydroxylation is 2. The van der Waals surface area contributed by atoms with Crippen LogP contribution < -0.4 is 5.32 Å². The molecule has 0 saturated heterocycles. The smallest absolute Gasteiger partial charge is 0.162 e. The second-order valence-corrected chi connectivity index (χ2v) is 6.76. The lowest BCUT2D eigenvalue weighted by Crippen LogP contribution is -2.06. The van der Waals surface area contributed by atoms with Gasteiger partial charge in [0.1, 0.15) is 5.82 Å². The van der Waals surface area contributed by atoms with Gasteiger partial charge in [-0.1, -0.05) is 12.1 Å². The number of H-pyrrole nitrogens is 1. The molecule has 0 saturated carbocycles. The molecular formula is C19H19N5S. The average Bonchev–Trinajstić information content (AvgIpc) is 3.30. The molecule has 0 radical (unpaired) electrons. The van der Waals surface area contributed by atoms with Crippen LogP contribution in [-0.2, 0) is 6.42 Å². The first-order chi connectivity index (χ1) is 12.3. The van der Waals surface area contributed by atoms with E-state index in [9.17, 15) is 0 Å². The van der Waals surface area contributed by atoms with Crippen molar-refractivity contribution in [1.29, 1.82) is 0 Å². The van der Waals surface area contributed by atoms with E-state index in [1.807, 2.05) is 29.8 Å². The van der Waals surface area contributed by atoms with Gasteiger partial charge in [0.2, 0.25) is 0 Å². The molecule has 3 heterocycles. The first-order valence-corrected chi connectivity index (χ1v) is 9.27. The number of anilines is 1. The van der Waals surface area contributed by atoms with Gasteiger partial charge >= 0.3 is 0 Å². The Bertz CT molecular complexity index is 975. The summed E-state index contributed by atoms with van der Waals surface area (Å²) in [5, 5.41) is 15.7. The van der Waals surface area contributed by atoms with E-state index in [1.54, 1.807) is 11.3 Å². The summed E-state index contributed by atoms with van der Waals surface area (Å²) in [6, 6.07) is 10.2. The van der Waals surface area contributed by atoms with Gasteiger partial charge < -0.3 is 5.32 Å². The lowest BCUT2D eigenvalue weighted by Gasteiger charge is -2.10. The zero-order valence-corrected chi connectivity index (χ0v) is 14.8. The second kappa shape index (κ2) is 7.03. The number of aromatic nitrogens is 4. The van der Waals surface area contributed by atoms with E-state index in [4.69, 9.17) is 9.97 Å². The molecule has 25 heavy (non-hydrogen) atoms. The molecular weight excluding hydrogens is 330 g/mol. The van der Waals surface area contributed by atoms with Crippen molar-refractivity contribution in [2.75, 3.05) is 11.9 Å². The summed E-state index contributed by atoms with van der Waals surface area (Å²) in [5.74, 6) is 1.67. The average molecular weight is 349 g/mol. The Hall–Kier alpha value is -2.73. The lowest BCUT2D eigenvalue weighted by molar-refractivity contribution is 0.854. The van der Waals surface area contributed by atoms with Gasteiger partial charge in [-0.2, -0.15) is 16.4 Å². The highest BCUT2D eigenvalue weighted by atomic mass is 32.1. The maximum Gasteiger partial charge on any atom is 0.162 e. The summed E-state index contributed by atoms with van der Waals surface area (Å²) >= 11 is 1.66. The van der Waals surface area contributed by atoms with Crippen LogP contribution >= 0.6 is 11.3 Å². The third kappa shape index (κ3) is 3.39. The fourth-order valence-corrected chi connectivity index (χ4v) is 3.48.